The third kappa shape index (κ3) is 1.28. The van der Waals surface area contributed by atoms with Gasteiger partial charge in [0, 0.05) is 5.92 Å². The summed E-state index contributed by atoms with van der Waals surface area (Å²) in [5.74, 6) is 1.24. The standard InChI is InChI=1S/C9H14O/c1-7-4-3-5-8(2)9(7)6-10/h3-4,6-9H,5H2,1-2H3/t7-,8+,9+/m1/s1. The van der Waals surface area contributed by atoms with Crippen molar-refractivity contribution in [2.75, 3.05) is 0 Å². The molecule has 10 heavy (non-hydrogen) atoms. The van der Waals surface area contributed by atoms with E-state index in [2.05, 4.69) is 26.0 Å². The summed E-state index contributed by atoms with van der Waals surface area (Å²) in [5.41, 5.74) is 0. The summed E-state index contributed by atoms with van der Waals surface area (Å²) in [6, 6.07) is 0. The Balaban J connectivity index is 2.67. The summed E-state index contributed by atoms with van der Waals surface area (Å²) in [5, 5.41) is 0. The van der Waals surface area contributed by atoms with Crippen molar-refractivity contribution in [3.8, 4) is 0 Å². The summed E-state index contributed by atoms with van der Waals surface area (Å²) in [4.78, 5) is 10.5. The molecule has 0 heterocycles. The van der Waals surface area contributed by atoms with Crippen LogP contribution in [0, 0.1) is 17.8 Å². The third-order valence-corrected chi connectivity index (χ3v) is 2.37. The Morgan fingerprint density at radius 2 is 2.20 bits per heavy atom. The molecule has 0 saturated heterocycles. The van der Waals surface area contributed by atoms with E-state index >= 15 is 0 Å². The van der Waals surface area contributed by atoms with Gasteiger partial charge in [-0.1, -0.05) is 26.0 Å². The van der Waals surface area contributed by atoms with Crippen molar-refractivity contribution in [2.45, 2.75) is 20.3 Å². The smallest absolute Gasteiger partial charge is 0.123 e. The lowest BCUT2D eigenvalue weighted by atomic mass is 9.79. The lowest BCUT2D eigenvalue weighted by molar-refractivity contribution is -0.113. The Kier molecular flexibility index (Phi) is 2.25. The van der Waals surface area contributed by atoms with E-state index in [4.69, 9.17) is 0 Å². The first-order valence-corrected chi connectivity index (χ1v) is 3.87. The number of allylic oxidation sites excluding steroid dienone is 2. The molecular formula is C9H14O. The summed E-state index contributed by atoms with van der Waals surface area (Å²) in [6.07, 6.45) is 6.47. The van der Waals surface area contributed by atoms with Crippen molar-refractivity contribution in [3.05, 3.63) is 12.2 Å². The van der Waals surface area contributed by atoms with E-state index in [1.54, 1.807) is 0 Å². The van der Waals surface area contributed by atoms with Gasteiger partial charge in [0.1, 0.15) is 6.29 Å². The second-order valence-electron chi connectivity index (χ2n) is 3.21. The summed E-state index contributed by atoms with van der Waals surface area (Å²) < 4.78 is 0. The molecule has 1 heteroatoms. The molecule has 3 atom stereocenters. The molecule has 0 fully saturated rings. The predicted molar refractivity (Wildman–Crippen MR) is 41.6 cm³/mol. The van der Waals surface area contributed by atoms with Crippen LogP contribution >= 0.6 is 0 Å². The first-order chi connectivity index (χ1) is 4.75. The zero-order valence-corrected chi connectivity index (χ0v) is 6.58. The Bertz CT molecular complexity index is 149. The number of aldehydes is 1. The topological polar surface area (TPSA) is 17.1 Å². The van der Waals surface area contributed by atoms with Crippen molar-refractivity contribution in [1.29, 1.82) is 0 Å². The minimum absolute atomic E-state index is 0.255. The Morgan fingerprint density at radius 3 is 2.60 bits per heavy atom. The van der Waals surface area contributed by atoms with Crippen molar-refractivity contribution in [2.24, 2.45) is 17.8 Å². The monoisotopic (exact) mass is 138 g/mol. The highest BCUT2D eigenvalue weighted by atomic mass is 16.1. The highest BCUT2D eigenvalue weighted by Gasteiger charge is 2.23. The van der Waals surface area contributed by atoms with Crippen LogP contribution in [0.15, 0.2) is 12.2 Å². The van der Waals surface area contributed by atoms with Crippen LogP contribution in [-0.4, -0.2) is 6.29 Å². The second kappa shape index (κ2) is 3.00. The molecule has 1 aliphatic carbocycles. The van der Waals surface area contributed by atoms with Crippen molar-refractivity contribution in [3.63, 3.8) is 0 Å². The van der Waals surface area contributed by atoms with Crippen LogP contribution in [0.4, 0.5) is 0 Å². The van der Waals surface area contributed by atoms with Gasteiger partial charge in [-0.3, -0.25) is 0 Å². The van der Waals surface area contributed by atoms with Gasteiger partial charge in [-0.25, -0.2) is 0 Å². The highest BCUT2D eigenvalue weighted by Crippen LogP contribution is 2.27. The van der Waals surface area contributed by atoms with Gasteiger partial charge in [0.25, 0.3) is 0 Å². The number of carbonyl (C=O) groups excluding carboxylic acids is 1. The Labute approximate surface area is 62.1 Å². The van der Waals surface area contributed by atoms with E-state index in [0.717, 1.165) is 12.7 Å². The lowest BCUT2D eigenvalue weighted by Gasteiger charge is -2.25. The van der Waals surface area contributed by atoms with E-state index in [0.29, 0.717) is 11.8 Å². The summed E-state index contributed by atoms with van der Waals surface area (Å²) in [6.45, 7) is 4.24. The molecule has 0 N–H and O–H groups in total. The molecule has 1 rings (SSSR count). The van der Waals surface area contributed by atoms with Gasteiger partial charge in [0.2, 0.25) is 0 Å². The summed E-state index contributed by atoms with van der Waals surface area (Å²) >= 11 is 0. The maximum absolute atomic E-state index is 10.5. The minimum atomic E-state index is 0.255. The van der Waals surface area contributed by atoms with Gasteiger partial charge in [-0.15, -0.1) is 0 Å². The van der Waals surface area contributed by atoms with E-state index in [9.17, 15) is 4.79 Å². The van der Waals surface area contributed by atoms with Crippen LogP contribution in [-0.2, 0) is 4.79 Å². The van der Waals surface area contributed by atoms with E-state index in [-0.39, 0.29) is 5.92 Å². The quantitative estimate of drug-likeness (QED) is 0.400. The second-order valence-corrected chi connectivity index (χ2v) is 3.21. The fourth-order valence-corrected chi connectivity index (χ4v) is 1.57. The molecule has 0 aromatic carbocycles. The molecule has 1 nitrogen and oxygen atoms in total. The fourth-order valence-electron chi connectivity index (χ4n) is 1.57. The normalized spacial score (nSPS) is 39.6. The van der Waals surface area contributed by atoms with Gasteiger partial charge in [-0.2, -0.15) is 0 Å². The molecule has 0 unspecified atom stereocenters. The molecule has 56 valence electrons. The van der Waals surface area contributed by atoms with Crippen molar-refractivity contribution in [1.82, 2.24) is 0 Å². The maximum atomic E-state index is 10.5. The van der Waals surface area contributed by atoms with Crippen LogP contribution in [0.3, 0.4) is 0 Å². The number of hydrogen-bond donors (Lipinski definition) is 0. The van der Waals surface area contributed by atoms with Gasteiger partial charge in [0.05, 0.1) is 0 Å². The third-order valence-electron chi connectivity index (χ3n) is 2.37. The van der Waals surface area contributed by atoms with E-state index < -0.39 is 0 Å². The first-order valence-electron chi connectivity index (χ1n) is 3.87. The number of hydrogen-bond acceptors (Lipinski definition) is 1. The van der Waals surface area contributed by atoms with Crippen LogP contribution in [0.5, 0.6) is 0 Å². The molecule has 0 amide bonds. The largest absolute Gasteiger partial charge is 0.303 e. The van der Waals surface area contributed by atoms with Gasteiger partial charge in [-0.05, 0) is 18.3 Å². The van der Waals surface area contributed by atoms with Gasteiger partial charge < -0.3 is 4.79 Å². The minimum Gasteiger partial charge on any atom is -0.303 e. The number of carbonyl (C=O) groups is 1. The maximum Gasteiger partial charge on any atom is 0.123 e. The first kappa shape index (κ1) is 7.52. The average molecular weight is 138 g/mol. The summed E-state index contributed by atoms with van der Waals surface area (Å²) in [7, 11) is 0. The Morgan fingerprint density at radius 1 is 1.50 bits per heavy atom. The van der Waals surface area contributed by atoms with Gasteiger partial charge in [0.15, 0.2) is 0 Å². The molecule has 0 aliphatic heterocycles. The molecule has 0 aromatic heterocycles. The molecule has 0 bridgehead atoms. The van der Waals surface area contributed by atoms with Crippen LogP contribution in [0.2, 0.25) is 0 Å². The van der Waals surface area contributed by atoms with Crippen LogP contribution in [0.25, 0.3) is 0 Å². The SMILES string of the molecule is C[C@@H]1C=CC[C@H](C)[C@H]1C=O. The zero-order chi connectivity index (χ0) is 7.56. The van der Waals surface area contributed by atoms with Crippen LogP contribution < -0.4 is 0 Å². The zero-order valence-electron chi connectivity index (χ0n) is 6.58. The highest BCUT2D eigenvalue weighted by molar-refractivity contribution is 5.55. The van der Waals surface area contributed by atoms with E-state index in [1.807, 2.05) is 0 Å². The van der Waals surface area contributed by atoms with Crippen molar-refractivity contribution < 1.29 is 4.79 Å². The molecule has 1 aliphatic rings. The Hall–Kier alpha value is -0.590. The fraction of sp³-hybridized carbons (Fsp3) is 0.667. The lowest BCUT2D eigenvalue weighted by Crippen LogP contribution is -2.22. The number of rotatable bonds is 1. The molecule has 0 spiro atoms. The predicted octanol–water partition coefficient (Wildman–Crippen LogP) is 2.03. The molecule has 0 aromatic rings. The molecule has 0 saturated carbocycles. The van der Waals surface area contributed by atoms with Crippen molar-refractivity contribution >= 4 is 6.29 Å². The molecular weight excluding hydrogens is 124 g/mol. The van der Waals surface area contributed by atoms with E-state index in [1.165, 1.54) is 0 Å². The van der Waals surface area contributed by atoms with Crippen LogP contribution in [0.1, 0.15) is 20.3 Å². The van der Waals surface area contributed by atoms with Gasteiger partial charge >= 0.3 is 0 Å². The molecule has 0 radical (unpaired) electrons. The average Bonchev–Trinajstić information content (AvgIpc) is 1.88.